The second-order valence-electron chi connectivity index (χ2n) is 9.23. The Morgan fingerprint density at radius 1 is 1.29 bits per heavy atom. The van der Waals surface area contributed by atoms with Crippen LogP contribution in [-0.2, 0) is 30.5 Å². The molecule has 4 amide bonds. The highest BCUT2D eigenvalue weighted by Gasteiger charge is 2.51. The number of hydrogen-bond donors (Lipinski definition) is 2. The molecule has 0 radical (unpaired) electrons. The number of imide groups is 2. The highest BCUT2D eigenvalue weighted by Crippen LogP contribution is 2.31. The van der Waals surface area contributed by atoms with Gasteiger partial charge in [-0.1, -0.05) is 22.0 Å². The van der Waals surface area contributed by atoms with Crippen molar-refractivity contribution in [1.82, 2.24) is 14.9 Å². The monoisotopic (exact) mass is 577 g/mol. The van der Waals surface area contributed by atoms with E-state index >= 15 is 4.39 Å². The summed E-state index contributed by atoms with van der Waals surface area (Å²) >= 11 is 1.16. The molecule has 2 heterocycles. The number of amides is 4. The Morgan fingerprint density at radius 3 is 2.49 bits per heavy atom. The lowest BCUT2D eigenvalue weighted by Gasteiger charge is -2.37. The molecule has 4 atom stereocenters. The van der Waals surface area contributed by atoms with Crippen molar-refractivity contribution in [2.45, 2.75) is 56.6 Å². The normalized spacial score (nSPS) is 22.5. The van der Waals surface area contributed by atoms with Crippen LogP contribution in [0, 0.1) is 11.7 Å². The van der Waals surface area contributed by atoms with E-state index in [9.17, 15) is 28.1 Å². The minimum Gasteiger partial charge on any atom is -0.598 e. The van der Waals surface area contributed by atoms with Gasteiger partial charge in [0.15, 0.2) is 17.9 Å². The van der Waals surface area contributed by atoms with E-state index in [-0.39, 0.29) is 18.8 Å². The summed E-state index contributed by atoms with van der Waals surface area (Å²) in [7, 11) is 0. The van der Waals surface area contributed by atoms with Crippen LogP contribution in [0.25, 0.3) is 0 Å². The van der Waals surface area contributed by atoms with Crippen LogP contribution in [0.1, 0.15) is 45.2 Å². The first-order chi connectivity index (χ1) is 16.3. The molecule has 2 aliphatic rings. The topological polar surface area (TPSA) is 128 Å². The number of alkyl halides is 1. The van der Waals surface area contributed by atoms with Gasteiger partial charge in [-0.3, -0.25) is 24.6 Å². The van der Waals surface area contributed by atoms with Crippen molar-refractivity contribution >= 4 is 50.9 Å². The molecule has 9 nitrogen and oxygen atoms in total. The van der Waals surface area contributed by atoms with Crippen molar-refractivity contribution in [3.8, 4) is 0 Å². The van der Waals surface area contributed by atoms with Crippen LogP contribution in [0.5, 0.6) is 0 Å². The Labute approximate surface area is 212 Å². The lowest BCUT2D eigenvalue weighted by atomic mass is 9.89. The third kappa shape index (κ3) is 6.08. The van der Waals surface area contributed by atoms with E-state index < -0.39 is 69.7 Å². The number of carbonyl (C=O) groups excluding carboxylic acids is 4. The summed E-state index contributed by atoms with van der Waals surface area (Å²) < 4.78 is 50.4. The molecule has 0 aromatic heterocycles. The van der Waals surface area contributed by atoms with E-state index in [0.29, 0.717) is 17.3 Å². The van der Waals surface area contributed by atoms with E-state index in [1.807, 2.05) is 5.32 Å². The van der Waals surface area contributed by atoms with Gasteiger partial charge in [0.1, 0.15) is 16.6 Å². The highest BCUT2D eigenvalue weighted by atomic mass is 79.9. The van der Waals surface area contributed by atoms with Crippen molar-refractivity contribution in [2.24, 2.45) is 5.92 Å². The minimum atomic E-state index is -2.64. The first-order valence-electron chi connectivity index (χ1n) is 10.9. The van der Waals surface area contributed by atoms with Crippen molar-refractivity contribution in [2.75, 3.05) is 13.2 Å². The fourth-order valence-corrected chi connectivity index (χ4v) is 4.94. The van der Waals surface area contributed by atoms with Gasteiger partial charge in [0.05, 0.1) is 0 Å². The minimum absolute atomic E-state index is 0.271. The molecule has 2 saturated heterocycles. The van der Waals surface area contributed by atoms with Crippen LogP contribution in [0.15, 0.2) is 22.7 Å². The Hall–Kier alpha value is -1.93. The molecule has 13 heteroatoms. The molecule has 192 valence electrons. The number of halogens is 3. The average Bonchev–Trinajstić information content (AvgIpc) is 2.77. The zero-order valence-electron chi connectivity index (χ0n) is 19.3. The Kier molecular flexibility index (Phi) is 8.69. The lowest BCUT2D eigenvalue weighted by molar-refractivity contribution is -0.151. The molecular weight excluding hydrogens is 552 g/mol. The van der Waals surface area contributed by atoms with Gasteiger partial charge < -0.3 is 9.29 Å². The lowest BCUT2D eigenvalue weighted by Crippen LogP contribution is -2.64. The molecule has 35 heavy (non-hydrogen) atoms. The van der Waals surface area contributed by atoms with Crippen LogP contribution in [-0.4, -0.2) is 63.3 Å². The quantitative estimate of drug-likeness (QED) is 0.376. The predicted molar refractivity (Wildman–Crippen MR) is 125 cm³/mol. The molecule has 1 aromatic carbocycles. The summed E-state index contributed by atoms with van der Waals surface area (Å²) in [4.78, 5) is 51.9. The molecular formula is C22H26BrF2N3O6S. The van der Waals surface area contributed by atoms with Crippen LogP contribution in [0.3, 0.4) is 0 Å². The van der Waals surface area contributed by atoms with E-state index in [1.165, 1.54) is 12.1 Å². The van der Waals surface area contributed by atoms with E-state index in [4.69, 9.17) is 4.74 Å². The number of ketones is 1. The van der Waals surface area contributed by atoms with Crippen molar-refractivity contribution in [1.29, 1.82) is 0 Å². The summed E-state index contributed by atoms with van der Waals surface area (Å²) in [5.74, 6) is -6.93. The number of rotatable bonds is 7. The van der Waals surface area contributed by atoms with Crippen LogP contribution in [0.2, 0.25) is 0 Å². The van der Waals surface area contributed by atoms with Crippen LogP contribution < -0.4 is 10.0 Å². The number of barbiturate groups is 1. The van der Waals surface area contributed by atoms with Gasteiger partial charge in [-0.2, -0.15) is 0 Å². The summed E-state index contributed by atoms with van der Waals surface area (Å²) in [5, 5.41) is 1.94. The summed E-state index contributed by atoms with van der Waals surface area (Å²) in [6, 6.07) is 0.278. The number of hydrogen-bond acceptors (Lipinski definition) is 7. The van der Waals surface area contributed by atoms with Gasteiger partial charge in [-0.05, 0) is 45.7 Å². The highest BCUT2D eigenvalue weighted by molar-refractivity contribution is 9.10. The maximum absolute atomic E-state index is 15.8. The van der Waals surface area contributed by atoms with Gasteiger partial charge in [-0.15, -0.1) is 4.72 Å². The zero-order chi connectivity index (χ0) is 26.1. The second kappa shape index (κ2) is 11.0. The number of ether oxygens (including phenoxy) is 1. The first kappa shape index (κ1) is 27.7. The number of urea groups is 1. The Bertz CT molecular complexity index is 1020. The smallest absolute Gasteiger partial charge is 0.331 e. The fourth-order valence-electron chi connectivity index (χ4n) is 3.78. The molecule has 0 spiro atoms. The maximum Gasteiger partial charge on any atom is 0.331 e. The molecule has 2 fully saturated rings. The van der Waals surface area contributed by atoms with Gasteiger partial charge in [0.25, 0.3) is 5.91 Å². The molecule has 0 aliphatic carbocycles. The van der Waals surface area contributed by atoms with E-state index in [1.54, 1.807) is 20.8 Å². The SMILES string of the molecule is CC(C)(C)[S+]([O-])NC(c1ccc(Br)cc1F)C(F)C(=O)C1C(=O)NC(=O)N(C2CCOCC2)C1=O. The first-order valence-corrected chi connectivity index (χ1v) is 12.8. The molecule has 2 aliphatic heterocycles. The fraction of sp³-hybridized carbons (Fsp3) is 0.545. The average molecular weight is 578 g/mol. The van der Waals surface area contributed by atoms with Gasteiger partial charge in [-0.25, -0.2) is 13.6 Å². The van der Waals surface area contributed by atoms with Crippen molar-refractivity contribution in [3.05, 3.63) is 34.1 Å². The number of nitrogens with one attached hydrogen (secondary N) is 2. The summed E-state index contributed by atoms with van der Waals surface area (Å²) in [6.45, 7) is 5.32. The standard InChI is InChI=1S/C22H26BrF2N3O6S/c1-22(2,3)35(33)27-17(13-5-4-11(23)10-14(13)24)16(25)18(29)15-19(30)26-21(32)28(20(15)31)12-6-8-34-9-7-12/h4-5,10,12,15-17,27H,6-9H2,1-3H3,(H,26,30,32). The molecule has 1 aromatic rings. The number of nitrogens with zero attached hydrogens (tertiary/aromatic N) is 1. The van der Waals surface area contributed by atoms with E-state index in [0.717, 1.165) is 11.0 Å². The molecule has 4 unspecified atom stereocenters. The third-order valence-electron chi connectivity index (χ3n) is 5.69. The van der Waals surface area contributed by atoms with Gasteiger partial charge >= 0.3 is 6.03 Å². The number of benzene rings is 1. The van der Waals surface area contributed by atoms with Crippen LogP contribution >= 0.6 is 15.9 Å². The summed E-state index contributed by atoms with van der Waals surface area (Å²) in [5.41, 5.74) is -0.312. The Balaban J connectivity index is 1.94. The molecule has 0 saturated carbocycles. The molecule has 3 rings (SSSR count). The Morgan fingerprint density at radius 2 is 1.91 bits per heavy atom. The number of Topliss-reactive ketones (excluding diaryl/α,β-unsaturated/α-hetero) is 1. The third-order valence-corrected chi connectivity index (χ3v) is 7.76. The van der Waals surface area contributed by atoms with Crippen molar-refractivity contribution < 1.29 is 37.2 Å². The molecule has 2 N–H and O–H groups in total. The molecule has 0 bridgehead atoms. The predicted octanol–water partition coefficient (Wildman–Crippen LogP) is 2.46. The largest absolute Gasteiger partial charge is 0.598 e. The zero-order valence-corrected chi connectivity index (χ0v) is 21.7. The van der Waals surface area contributed by atoms with E-state index in [2.05, 4.69) is 20.7 Å². The number of carbonyl (C=O) groups is 4. The van der Waals surface area contributed by atoms with Gasteiger partial charge in [0.2, 0.25) is 5.91 Å². The second-order valence-corrected chi connectivity index (χ2v) is 12.1. The maximum atomic E-state index is 15.8. The van der Waals surface area contributed by atoms with Crippen molar-refractivity contribution in [3.63, 3.8) is 0 Å². The summed E-state index contributed by atoms with van der Waals surface area (Å²) in [6.07, 6.45) is -2.04. The van der Waals surface area contributed by atoms with Gasteiger partial charge in [0, 0.05) is 40.7 Å². The van der Waals surface area contributed by atoms with Crippen LogP contribution in [0.4, 0.5) is 13.6 Å².